The van der Waals surface area contributed by atoms with Gasteiger partial charge in [-0.3, -0.25) is 9.59 Å². The Morgan fingerprint density at radius 1 is 0.792 bits per heavy atom. The second-order valence-corrected chi connectivity index (χ2v) is 6.53. The van der Waals surface area contributed by atoms with Gasteiger partial charge in [0.05, 0.1) is 22.5 Å². The topological polar surface area (TPSA) is 40.6 Å². The Labute approximate surface area is 141 Å². The molecule has 2 aliphatic rings. The summed E-state index contributed by atoms with van der Waals surface area (Å²) >= 11 is 0. The summed E-state index contributed by atoms with van der Waals surface area (Å²) in [5.41, 5.74) is 3.72. The number of piperidine rings is 1. The van der Waals surface area contributed by atoms with Gasteiger partial charge in [0.25, 0.3) is 11.8 Å². The van der Waals surface area contributed by atoms with Gasteiger partial charge in [0.15, 0.2) is 0 Å². The molecule has 0 aliphatic carbocycles. The molecule has 0 saturated carbocycles. The molecule has 2 heterocycles. The molecular weight excluding hydrogens is 300 g/mol. The zero-order chi connectivity index (χ0) is 16.7. The molecule has 0 N–H and O–H groups in total. The second-order valence-electron chi connectivity index (χ2n) is 6.53. The minimum absolute atomic E-state index is 0.223. The summed E-state index contributed by atoms with van der Waals surface area (Å²) in [6.45, 7) is 3.93. The molecule has 0 radical (unpaired) electrons. The molecule has 1 saturated heterocycles. The van der Waals surface area contributed by atoms with Gasteiger partial charge in [-0.15, -0.1) is 0 Å². The highest BCUT2D eigenvalue weighted by molar-refractivity contribution is 6.35. The third kappa shape index (κ3) is 2.30. The summed E-state index contributed by atoms with van der Waals surface area (Å²) < 4.78 is 0. The van der Waals surface area contributed by atoms with Crippen LogP contribution < -0.4 is 9.80 Å². The normalized spacial score (nSPS) is 17.4. The van der Waals surface area contributed by atoms with Crippen LogP contribution in [0.15, 0.2) is 42.5 Å². The zero-order valence-corrected chi connectivity index (χ0v) is 13.8. The molecule has 4 rings (SSSR count). The lowest BCUT2D eigenvalue weighted by Gasteiger charge is -2.32. The van der Waals surface area contributed by atoms with Crippen molar-refractivity contribution in [2.75, 3.05) is 22.9 Å². The maximum atomic E-state index is 12.8. The number of carbonyl (C=O) groups excluding carboxylic acids is 2. The quantitative estimate of drug-likeness (QED) is 0.791. The van der Waals surface area contributed by atoms with E-state index in [9.17, 15) is 9.59 Å². The van der Waals surface area contributed by atoms with Crippen LogP contribution in [-0.4, -0.2) is 24.9 Å². The van der Waals surface area contributed by atoms with E-state index in [2.05, 4.69) is 4.90 Å². The van der Waals surface area contributed by atoms with Crippen LogP contribution in [-0.2, 0) is 0 Å². The fourth-order valence-corrected chi connectivity index (χ4v) is 3.62. The minimum atomic E-state index is -0.223. The van der Waals surface area contributed by atoms with Gasteiger partial charge in [-0.1, -0.05) is 18.2 Å². The van der Waals surface area contributed by atoms with E-state index in [0.717, 1.165) is 37.2 Å². The first-order valence-electron chi connectivity index (χ1n) is 8.50. The molecule has 122 valence electrons. The number of imide groups is 1. The molecule has 2 aromatic rings. The van der Waals surface area contributed by atoms with Crippen molar-refractivity contribution in [2.24, 2.45) is 0 Å². The average Bonchev–Trinajstić information content (AvgIpc) is 2.87. The lowest BCUT2D eigenvalue weighted by atomic mass is 10.1. The molecule has 2 amide bonds. The number of hydrogen-bond donors (Lipinski definition) is 0. The van der Waals surface area contributed by atoms with Crippen LogP contribution in [0.2, 0.25) is 0 Å². The number of carbonyl (C=O) groups is 2. The smallest absolute Gasteiger partial charge is 0.266 e. The van der Waals surface area contributed by atoms with Crippen molar-refractivity contribution in [2.45, 2.75) is 26.2 Å². The van der Waals surface area contributed by atoms with Crippen LogP contribution >= 0.6 is 0 Å². The minimum Gasteiger partial charge on any atom is -0.370 e. The van der Waals surface area contributed by atoms with Gasteiger partial charge >= 0.3 is 0 Å². The van der Waals surface area contributed by atoms with Gasteiger partial charge in [-0.05, 0) is 56.0 Å². The lowest BCUT2D eigenvalue weighted by molar-refractivity contribution is 0.0926. The second kappa shape index (κ2) is 5.78. The van der Waals surface area contributed by atoms with E-state index in [1.807, 2.05) is 25.1 Å². The highest BCUT2D eigenvalue weighted by Gasteiger charge is 2.38. The molecule has 0 spiro atoms. The van der Waals surface area contributed by atoms with Crippen LogP contribution in [0.25, 0.3) is 0 Å². The first-order chi connectivity index (χ1) is 11.7. The highest BCUT2D eigenvalue weighted by atomic mass is 16.2. The van der Waals surface area contributed by atoms with E-state index < -0.39 is 0 Å². The van der Waals surface area contributed by atoms with Crippen molar-refractivity contribution in [3.63, 3.8) is 0 Å². The molecule has 4 nitrogen and oxygen atoms in total. The Morgan fingerprint density at radius 2 is 1.42 bits per heavy atom. The number of rotatable bonds is 2. The van der Waals surface area contributed by atoms with E-state index >= 15 is 0 Å². The van der Waals surface area contributed by atoms with Crippen molar-refractivity contribution >= 4 is 23.2 Å². The Morgan fingerprint density at radius 3 is 2.04 bits per heavy atom. The third-order valence-corrected chi connectivity index (χ3v) is 4.86. The summed E-state index contributed by atoms with van der Waals surface area (Å²) in [5, 5.41) is 0. The van der Waals surface area contributed by atoms with Crippen molar-refractivity contribution in [1.29, 1.82) is 0 Å². The van der Waals surface area contributed by atoms with Gasteiger partial charge < -0.3 is 4.90 Å². The van der Waals surface area contributed by atoms with Crippen LogP contribution in [0.5, 0.6) is 0 Å². The molecule has 0 aromatic heterocycles. The van der Waals surface area contributed by atoms with Gasteiger partial charge in [0, 0.05) is 13.1 Å². The Kier molecular flexibility index (Phi) is 3.60. The van der Waals surface area contributed by atoms with Crippen LogP contribution in [0.4, 0.5) is 11.4 Å². The first-order valence-corrected chi connectivity index (χ1v) is 8.50. The number of anilines is 2. The van der Waals surface area contributed by atoms with Crippen LogP contribution in [0.3, 0.4) is 0 Å². The largest absolute Gasteiger partial charge is 0.370 e. The van der Waals surface area contributed by atoms with E-state index in [4.69, 9.17) is 0 Å². The molecule has 24 heavy (non-hydrogen) atoms. The summed E-state index contributed by atoms with van der Waals surface area (Å²) in [5.74, 6) is -0.445. The Balaban J connectivity index is 1.81. The predicted octanol–water partition coefficient (Wildman–Crippen LogP) is 3.79. The fraction of sp³-hybridized carbons (Fsp3) is 0.300. The molecule has 4 heteroatoms. The van der Waals surface area contributed by atoms with Gasteiger partial charge in [-0.25, -0.2) is 4.90 Å². The maximum absolute atomic E-state index is 12.8. The number of amides is 2. The zero-order valence-electron chi connectivity index (χ0n) is 13.8. The maximum Gasteiger partial charge on any atom is 0.266 e. The molecule has 0 unspecified atom stereocenters. The van der Waals surface area contributed by atoms with Crippen molar-refractivity contribution < 1.29 is 9.59 Å². The number of fused-ring (bicyclic) bond motifs is 1. The van der Waals surface area contributed by atoms with Gasteiger partial charge in [-0.2, -0.15) is 0 Å². The SMILES string of the molecule is Cc1ccc(N2CCCCC2)c(N2C(=O)c3ccccc3C2=O)c1. The molecule has 0 bridgehead atoms. The predicted molar refractivity (Wildman–Crippen MR) is 94.8 cm³/mol. The molecular formula is C20H20N2O2. The summed E-state index contributed by atoms with van der Waals surface area (Å²) in [6, 6.07) is 13.1. The number of benzene rings is 2. The van der Waals surface area contributed by atoms with E-state index in [1.165, 1.54) is 11.3 Å². The summed E-state index contributed by atoms with van der Waals surface area (Å²) in [7, 11) is 0. The Hall–Kier alpha value is -2.62. The average molecular weight is 320 g/mol. The van der Waals surface area contributed by atoms with Gasteiger partial charge in [0.1, 0.15) is 0 Å². The molecule has 1 fully saturated rings. The van der Waals surface area contributed by atoms with Crippen molar-refractivity contribution in [3.05, 3.63) is 59.2 Å². The summed E-state index contributed by atoms with van der Waals surface area (Å²) in [4.78, 5) is 29.3. The van der Waals surface area contributed by atoms with E-state index in [1.54, 1.807) is 24.3 Å². The van der Waals surface area contributed by atoms with E-state index in [-0.39, 0.29) is 11.8 Å². The van der Waals surface area contributed by atoms with Crippen LogP contribution in [0, 0.1) is 6.92 Å². The van der Waals surface area contributed by atoms with Crippen LogP contribution in [0.1, 0.15) is 45.5 Å². The number of hydrogen-bond acceptors (Lipinski definition) is 3. The third-order valence-electron chi connectivity index (χ3n) is 4.86. The first kappa shape index (κ1) is 14.9. The monoisotopic (exact) mass is 320 g/mol. The Bertz CT molecular complexity index is 787. The van der Waals surface area contributed by atoms with E-state index in [0.29, 0.717) is 16.8 Å². The summed E-state index contributed by atoms with van der Waals surface area (Å²) in [6.07, 6.45) is 3.54. The van der Waals surface area contributed by atoms with Crippen molar-refractivity contribution in [1.82, 2.24) is 0 Å². The molecule has 2 aliphatic heterocycles. The number of aryl methyl sites for hydroxylation is 1. The van der Waals surface area contributed by atoms with Gasteiger partial charge in [0.2, 0.25) is 0 Å². The highest BCUT2D eigenvalue weighted by Crippen LogP contribution is 2.37. The molecule has 2 aromatic carbocycles. The van der Waals surface area contributed by atoms with Crippen molar-refractivity contribution in [3.8, 4) is 0 Å². The lowest BCUT2D eigenvalue weighted by Crippen LogP contribution is -2.34. The molecule has 0 atom stereocenters. The number of nitrogens with zero attached hydrogens (tertiary/aromatic N) is 2. The standard InChI is InChI=1S/C20H20N2O2/c1-14-9-10-17(21-11-5-2-6-12-21)18(13-14)22-19(23)15-7-3-4-8-16(15)20(22)24/h3-4,7-10,13H,2,5-6,11-12H2,1H3. The fourth-order valence-electron chi connectivity index (χ4n) is 3.62.